The molecule has 1 heterocycles. The second kappa shape index (κ2) is 8.89. The third-order valence-corrected chi connectivity index (χ3v) is 5.80. The first-order valence-electron chi connectivity index (χ1n) is 9.18. The molecule has 0 atom stereocenters. The fraction of sp³-hybridized carbons (Fsp3) is 0.381. The van der Waals surface area contributed by atoms with Crippen molar-refractivity contribution >= 4 is 28.2 Å². The molecule has 1 aromatic heterocycles. The number of nitrogens with zero attached hydrogens (tertiary/aromatic N) is 1. The van der Waals surface area contributed by atoms with Gasteiger partial charge in [0.2, 0.25) is 0 Å². The van der Waals surface area contributed by atoms with Crippen molar-refractivity contribution in [3.8, 4) is 11.8 Å². The zero-order chi connectivity index (χ0) is 20.1. The summed E-state index contributed by atoms with van der Waals surface area (Å²) in [7, 11) is 0. The summed E-state index contributed by atoms with van der Waals surface area (Å²) < 4.78 is 10.5. The largest absolute Gasteiger partial charge is 0.482 e. The van der Waals surface area contributed by atoms with E-state index in [9.17, 15) is 14.9 Å². The van der Waals surface area contributed by atoms with Gasteiger partial charge in [-0.1, -0.05) is 12.1 Å². The van der Waals surface area contributed by atoms with Crippen molar-refractivity contribution in [1.82, 2.24) is 0 Å². The van der Waals surface area contributed by atoms with Crippen LogP contribution in [0.15, 0.2) is 18.2 Å². The lowest BCUT2D eigenvalue weighted by Crippen LogP contribution is -2.23. The van der Waals surface area contributed by atoms with Gasteiger partial charge < -0.3 is 14.8 Å². The lowest BCUT2D eigenvalue weighted by molar-refractivity contribution is -0.149. The standard InChI is InChI=1S/C21H22N2O4S/c1-13-7-8-14(2)17(9-13)26-12-20(25)27-11-19(24)23-21-16(10-22)15-5-3-4-6-18(15)28-21/h7-9H,3-6,11-12H2,1-2H3,(H,23,24). The third kappa shape index (κ3) is 4.70. The van der Waals surface area contributed by atoms with Crippen LogP contribution < -0.4 is 10.1 Å². The minimum atomic E-state index is -0.623. The molecule has 1 N–H and O–H groups in total. The molecule has 0 saturated heterocycles. The lowest BCUT2D eigenvalue weighted by Gasteiger charge is -2.10. The van der Waals surface area contributed by atoms with Gasteiger partial charge in [0.15, 0.2) is 13.2 Å². The highest BCUT2D eigenvalue weighted by atomic mass is 32.1. The van der Waals surface area contributed by atoms with E-state index in [-0.39, 0.29) is 6.61 Å². The van der Waals surface area contributed by atoms with Crippen LogP contribution in [0.1, 0.15) is 40.0 Å². The SMILES string of the molecule is Cc1ccc(C)c(OCC(=O)OCC(=O)Nc2sc3c(c2C#N)CCCC3)c1. The summed E-state index contributed by atoms with van der Waals surface area (Å²) >= 11 is 1.44. The molecule has 146 valence electrons. The number of fused-ring (bicyclic) bond motifs is 1. The van der Waals surface area contributed by atoms with E-state index in [1.54, 1.807) is 0 Å². The van der Waals surface area contributed by atoms with Crippen LogP contribution in [0.25, 0.3) is 0 Å². The van der Waals surface area contributed by atoms with E-state index in [0.717, 1.165) is 47.3 Å². The molecule has 0 radical (unpaired) electrons. The number of thiophene rings is 1. The van der Waals surface area contributed by atoms with Gasteiger partial charge in [-0.25, -0.2) is 4.79 Å². The number of amides is 1. The number of carbonyl (C=O) groups is 2. The van der Waals surface area contributed by atoms with Crippen molar-refractivity contribution in [2.45, 2.75) is 39.5 Å². The smallest absolute Gasteiger partial charge is 0.344 e. The summed E-state index contributed by atoms with van der Waals surface area (Å²) in [5.74, 6) is -0.471. The fourth-order valence-corrected chi connectivity index (χ4v) is 4.38. The highest BCUT2D eigenvalue weighted by Crippen LogP contribution is 2.37. The van der Waals surface area contributed by atoms with Crippen LogP contribution in [0.2, 0.25) is 0 Å². The Balaban J connectivity index is 1.50. The zero-order valence-electron chi connectivity index (χ0n) is 16.0. The average Bonchev–Trinajstić information content (AvgIpc) is 3.03. The van der Waals surface area contributed by atoms with E-state index >= 15 is 0 Å². The predicted octanol–water partition coefficient (Wildman–Crippen LogP) is 3.68. The van der Waals surface area contributed by atoms with Crippen LogP contribution in [0.5, 0.6) is 5.75 Å². The van der Waals surface area contributed by atoms with Crippen LogP contribution in [0, 0.1) is 25.2 Å². The summed E-state index contributed by atoms with van der Waals surface area (Å²) in [5, 5.41) is 12.7. The normalized spacial score (nSPS) is 12.6. The van der Waals surface area contributed by atoms with E-state index in [1.165, 1.54) is 11.3 Å². The van der Waals surface area contributed by atoms with Gasteiger partial charge in [0.05, 0.1) is 5.56 Å². The molecule has 1 aliphatic carbocycles. The maximum Gasteiger partial charge on any atom is 0.344 e. The van der Waals surface area contributed by atoms with Crippen LogP contribution in [0.3, 0.4) is 0 Å². The Morgan fingerprint density at radius 1 is 1.21 bits per heavy atom. The number of carbonyl (C=O) groups excluding carboxylic acids is 2. The lowest BCUT2D eigenvalue weighted by atomic mass is 9.96. The number of anilines is 1. The van der Waals surface area contributed by atoms with Gasteiger partial charge in [-0.3, -0.25) is 4.79 Å². The van der Waals surface area contributed by atoms with Gasteiger partial charge in [-0.15, -0.1) is 11.3 Å². The Morgan fingerprint density at radius 3 is 2.79 bits per heavy atom. The van der Waals surface area contributed by atoms with Crippen molar-refractivity contribution in [2.24, 2.45) is 0 Å². The molecule has 1 aliphatic rings. The molecule has 6 nitrogen and oxygen atoms in total. The number of hydrogen-bond donors (Lipinski definition) is 1. The van der Waals surface area contributed by atoms with Crippen molar-refractivity contribution < 1.29 is 19.1 Å². The number of benzene rings is 1. The van der Waals surface area contributed by atoms with Gasteiger partial charge in [0.25, 0.3) is 5.91 Å². The zero-order valence-corrected chi connectivity index (χ0v) is 16.8. The van der Waals surface area contributed by atoms with E-state index in [4.69, 9.17) is 9.47 Å². The van der Waals surface area contributed by atoms with Crippen molar-refractivity contribution in [2.75, 3.05) is 18.5 Å². The highest BCUT2D eigenvalue weighted by Gasteiger charge is 2.22. The second-order valence-corrected chi connectivity index (χ2v) is 7.90. The second-order valence-electron chi connectivity index (χ2n) is 6.79. The Hall–Kier alpha value is -2.85. The predicted molar refractivity (Wildman–Crippen MR) is 107 cm³/mol. The number of nitriles is 1. The molecule has 0 spiro atoms. The van der Waals surface area contributed by atoms with Crippen molar-refractivity contribution in [3.05, 3.63) is 45.3 Å². The molecule has 0 saturated carbocycles. The summed E-state index contributed by atoms with van der Waals surface area (Å²) in [6, 6.07) is 7.91. The Morgan fingerprint density at radius 2 is 2.00 bits per heavy atom. The Kier molecular flexibility index (Phi) is 6.32. The van der Waals surface area contributed by atoms with E-state index in [0.29, 0.717) is 16.3 Å². The molecule has 0 fully saturated rings. The molecule has 1 aromatic carbocycles. The molecule has 3 rings (SSSR count). The van der Waals surface area contributed by atoms with Gasteiger partial charge in [0.1, 0.15) is 16.8 Å². The quantitative estimate of drug-likeness (QED) is 0.750. The number of esters is 1. The van der Waals surface area contributed by atoms with E-state index in [2.05, 4.69) is 11.4 Å². The summed E-state index contributed by atoms with van der Waals surface area (Å²) in [6.07, 6.45) is 3.97. The molecular weight excluding hydrogens is 376 g/mol. The van der Waals surface area contributed by atoms with E-state index < -0.39 is 18.5 Å². The molecule has 1 amide bonds. The van der Waals surface area contributed by atoms with Crippen LogP contribution in [0.4, 0.5) is 5.00 Å². The first-order chi connectivity index (χ1) is 13.5. The summed E-state index contributed by atoms with van der Waals surface area (Å²) in [5.41, 5.74) is 3.53. The van der Waals surface area contributed by atoms with Gasteiger partial charge >= 0.3 is 5.97 Å². The summed E-state index contributed by atoms with van der Waals surface area (Å²) in [4.78, 5) is 25.2. The minimum absolute atomic E-state index is 0.270. The number of hydrogen-bond acceptors (Lipinski definition) is 6. The van der Waals surface area contributed by atoms with E-state index in [1.807, 2.05) is 32.0 Å². The van der Waals surface area contributed by atoms with Crippen LogP contribution >= 0.6 is 11.3 Å². The highest BCUT2D eigenvalue weighted by molar-refractivity contribution is 7.16. The van der Waals surface area contributed by atoms with Gasteiger partial charge in [0, 0.05) is 4.88 Å². The average molecular weight is 398 g/mol. The first-order valence-corrected chi connectivity index (χ1v) is 9.99. The number of rotatable bonds is 6. The van der Waals surface area contributed by atoms with Crippen molar-refractivity contribution in [3.63, 3.8) is 0 Å². The molecular formula is C21H22N2O4S. The van der Waals surface area contributed by atoms with Gasteiger partial charge in [-0.2, -0.15) is 5.26 Å². The molecule has 7 heteroatoms. The molecule has 0 unspecified atom stereocenters. The number of nitrogens with one attached hydrogen (secondary N) is 1. The number of ether oxygens (including phenoxy) is 2. The Labute approximate surface area is 168 Å². The topological polar surface area (TPSA) is 88.4 Å². The third-order valence-electron chi connectivity index (χ3n) is 4.59. The maximum absolute atomic E-state index is 12.1. The van der Waals surface area contributed by atoms with Gasteiger partial charge in [-0.05, 0) is 62.3 Å². The minimum Gasteiger partial charge on any atom is -0.482 e. The molecule has 2 aromatic rings. The number of aryl methyl sites for hydroxylation is 3. The molecule has 28 heavy (non-hydrogen) atoms. The molecule has 0 bridgehead atoms. The molecule has 0 aliphatic heterocycles. The fourth-order valence-electron chi connectivity index (χ4n) is 3.12. The first kappa shape index (κ1) is 19.9. The maximum atomic E-state index is 12.1. The van der Waals surface area contributed by atoms with Crippen LogP contribution in [-0.2, 0) is 27.2 Å². The monoisotopic (exact) mass is 398 g/mol. The van der Waals surface area contributed by atoms with Crippen molar-refractivity contribution in [1.29, 1.82) is 5.26 Å². The summed E-state index contributed by atoms with van der Waals surface area (Å²) in [6.45, 7) is 3.14. The van der Waals surface area contributed by atoms with Crippen LogP contribution in [-0.4, -0.2) is 25.1 Å². The Bertz CT molecular complexity index is 943.